The molecule has 2 aromatic carbocycles. The van der Waals surface area contributed by atoms with Crippen LogP contribution >= 0.6 is 0 Å². The number of carbonyl (C=O) groups excluding carboxylic acids is 1. The Hall–Kier alpha value is -2.59. The molecule has 148 valence electrons. The van der Waals surface area contributed by atoms with Crippen LogP contribution in [0.15, 0.2) is 54.6 Å². The van der Waals surface area contributed by atoms with E-state index < -0.39 is 0 Å². The molecule has 3 rings (SSSR count). The fourth-order valence-electron chi connectivity index (χ4n) is 3.63. The highest BCUT2D eigenvalue weighted by Crippen LogP contribution is 2.19. The molecule has 2 aromatic rings. The predicted octanol–water partition coefficient (Wildman–Crippen LogP) is 3.96. The van der Waals surface area contributed by atoms with Gasteiger partial charge in [-0.05, 0) is 30.5 Å². The van der Waals surface area contributed by atoms with E-state index in [2.05, 4.69) is 78.7 Å². The Morgan fingerprint density at radius 3 is 2.32 bits per heavy atom. The van der Waals surface area contributed by atoms with Crippen LogP contribution in [0.1, 0.15) is 23.1 Å². The van der Waals surface area contributed by atoms with Gasteiger partial charge in [-0.3, -0.25) is 9.69 Å². The second-order valence-electron chi connectivity index (χ2n) is 7.44. The van der Waals surface area contributed by atoms with Crippen LogP contribution in [0.5, 0.6) is 0 Å². The molecular weight excluding hydrogens is 346 g/mol. The summed E-state index contributed by atoms with van der Waals surface area (Å²) >= 11 is 0. The molecule has 1 N–H and O–H groups in total. The van der Waals surface area contributed by atoms with E-state index in [1.165, 1.54) is 16.7 Å². The van der Waals surface area contributed by atoms with Crippen LogP contribution in [0, 0.1) is 13.8 Å². The van der Waals surface area contributed by atoms with Crippen LogP contribution in [0.2, 0.25) is 0 Å². The van der Waals surface area contributed by atoms with Crippen molar-refractivity contribution in [1.82, 2.24) is 9.80 Å². The summed E-state index contributed by atoms with van der Waals surface area (Å²) in [6.45, 7) is 9.34. The van der Waals surface area contributed by atoms with Gasteiger partial charge in [0.05, 0.1) is 0 Å². The van der Waals surface area contributed by atoms with Crippen molar-refractivity contribution in [3.63, 3.8) is 0 Å². The Morgan fingerprint density at radius 2 is 1.64 bits per heavy atom. The van der Waals surface area contributed by atoms with Crippen LogP contribution < -0.4 is 5.32 Å². The van der Waals surface area contributed by atoms with Crippen molar-refractivity contribution in [2.24, 2.45) is 0 Å². The highest BCUT2D eigenvalue weighted by atomic mass is 16.2. The summed E-state index contributed by atoms with van der Waals surface area (Å²) in [4.78, 5) is 16.9. The third-order valence-corrected chi connectivity index (χ3v) is 5.32. The molecule has 1 aliphatic rings. The minimum absolute atomic E-state index is 0.248. The number of nitrogens with one attached hydrogen (secondary N) is 1. The van der Waals surface area contributed by atoms with E-state index in [-0.39, 0.29) is 5.91 Å². The lowest BCUT2D eigenvalue weighted by Crippen LogP contribution is -2.48. The lowest BCUT2D eigenvalue weighted by Gasteiger charge is -2.34. The summed E-state index contributed by atoms with van der Waals surface area (Å²) in [7, 11) is 0. The number of anilines is 1. The van der Waals surface area contributed by atoms with Gasteiger partial charge in [-0.1, -0.05) is 60.7 Å². The van der Waals surface area contributed by atoms with Crippen molar-refractivity contribution < 1.29 is 4.79 Å². The topological polar surface area (TPSA) is 35.6 Å². The minimum Gasteiger partial charge on any atom is -0.384 e. The monoisotopic (exact) mass is 377 g/mol. The van der Waals surface area contributed by atoms with Gasteiger partial charge in [0.2, 0.25) is 5.91 Å². The van der Waals surface area contributed by atoms with E-state index in [4.69, 9.17) is 0 Å². The molecule has 0 bridgehead atoms. The van der Waals surface area contributed by atoms with E-state index in [9.17, 15) is 4.79 Å². The Morgan fingerprint density at radius 1 is 0.964 bits per heavy atom. The van der Waals surface area contributed by atoms with Gasteiger partial charge >= 0.3 is 0 Å². The number of rotatable bonds is 7. The Balaban J connectivity index is 1.37. The SMILES string of the molecule is Cc1cccc(C)c1NCCC(=O)N1CCN(C/C=C/c2ccccc2)CC1. The predicted molar refractivity (Wildman–Crippen MR) is 118 cm³/mol. The Bertz CT molecular complexity index is 773. The first-order valence-electron chi connectivity index (χ1n) is 10.2. The van der Waals surface area contributed by atoms with Crippen LogP contribution in [-0.4, -0.2) is 55.0 Å². The van der Waals surface area contributed by atoms with Crippen molar-refractivity contribution in [2.75, 3.05) is 44.6 Å². The van der Waals surface area contributed by atoms with Crippen molar-refractivity contribution in [3.05, 3.63) is 71.3 Å². The van der Waals surface area contributed by atoms with Crippen LogP contribution in [-0.2, 0) is 4.79 Å². The average molecular weight is 378 g/mol. The van der Waals surface area contributed by atoms with E-state index in [1.807, 2.05) is 11.0 Å². The van der Waals surface area contributed by atoms with Crippen LogP contribution in [0.4, 0.5) is 5.69 Å². The number of piperazine rings is 1. The first-order valence-corrected chi connectivity index (χ1v) is 10.2. The summed E-state index contributed by atoms with van der Waals surface area (Å²) in [6.07, 6.45) is 4.92. The molecule has 1 heterocycles. The highest BCUT2D eigenvalue weighted by molar-refractivity contribution is 5.77. The lowest BCUT2D eigenvalue weighted by molar-refractivity contribution is -0.132. The van der Waals surface area contributed by atoms with Crippen molar-refractivity contribution in [1.29, 1.82) is 0 Å². The summed E-state index contributed by atoms with van der Waals surface area (Å²) in [5.41, 5.74) is 4.84. The quantitative estimate of drug-likeness (QED) is 0.793. The molecule has 0 aromatic heterocycles. The van der Waals surface area contributed by atoms with Gasteiger partial charge in [0, 0.05) is 51.4 Å². The maximum absolute atomic E-state index is 12.5. The van der Waals surface area contributed by atoms with Gasteiger partial charge in [0.25, 0.3) is 0 Å². The van der Waals surface area contributed by atoms with Crippen molar-refractivity contribution in [2.45, 2.75) is 20.3 Å². The molecule has 0 saturated carbocycles. The second-order valence-corrected chi connectivity index (χ2v) is 7.44. The van der Waals surface area contributed by atoms with Gasteiger partial charge in [-0.15, -0.1) is 0 Å². The Kier molecular flexibility index (Phi) is 7.26. The van der Waals surface area contributed by atoms with E-state index in [0.717, 1.165) is 38.4 Å². The molecule has 28 heavy (non-hydrogen) atoms. The van der Waals surface area contributed by atoms with Gasteiger partial charge in [0.15, 0.2) is 0 Å². The molecule has 4 nitrogen and oxygen atoms in total. The lowest BCUT2D eigenvalue weighted by atomic mass is 10.1. The maximum Gasteiger partial charge on any atom is 0.224 e. The standard InChI is InChI=1S/C24H31N3O/c1-20-8-6-9-21(2)24(20)25-14-13-23(28)27-18-16-26(17-19-27)15-7-12-22-10-4-3-5-11-22/h3-12,25H,13-19H2,1-2H3/b12-7+. The Labute approximate surface area is 168 Å². The average Bonchev–Trinajstić information content (AvgIpc) is 2.71. The number of hydrogen-bond donors (Lipinski definition) is 1. The molecule has 0 spiro atoms. The summed E-state index contributed by atoms with van der Waals surface area (Å²) in [6, 6.07) is 16.6. The van der Waals surface area contributed by atoms with Crippen molar-refractivity contribution >= 4 is 17.7 Å². The summed E-state index contributed by atoms with van der Waals surface area (Å²) < 4.78 is 0. The third kappa shape index (κ3) is 5.70. The van der Waals surface area contributed by atoms with Crippen LogP contribution in [0.3, 0.4) is 0 Å². The number of nitrogens with zero attached hydrogens (tertiary/aromatic N) is 2. The zero-order chi connectivity index (χ0) is 19.8. The first-order chi connectivity index (χ1) is 13.6. The minimum atomic E-state index is 0.248. The number of carbonyl (C=O) groups is 1. The third-order valence-electron chi connectivity index (χ3n) is 5.32. The van der Waals surface area contributed by atoms with E-state index in [0.29, 0.717) is 13.0 Å². The van der Waals surface area contributed by atoms with Gasteiger partial charge < -0.3 is 10.2 Å². The second kappa shape index (κ2) is 10.1. The number of amides is 1. The molecular formula is C24H31N3O. The molecule has 1 fully saturated rings. The molecule has 0 radical (unpaired) electrons. The zero-order valence-electron chi connectivity index (χ0n) is 17.0. The molecule has 0 aliphatic carbocycles. The molecule has 1 amide bonds. The van der Waals surface area contributed by atoms with E-state index >= 15 is 0 Å². The number of aryl methyl sites for hydroxylation is 2. The zero-order valence-corrected chi connectivity index (χ0v) is 17.0. The van der Waals surface area contributed by atoms with Gasteiger partial charge in [0.1, 0.15) is 0 Å². The molecule has 0 atom stereocenters. The summed E-state index contributed by atoms with van der Waals surface area (Å²) in [5, 5.41) is 3.44. The normalized spacial score (nSPS) is 15.1. The fraction of sp³-hybridized carbons (Fsp3) is 0.375. The van der Waals surface area contributed by atoms with Gasteiger partial charge in [-0.2, -0.15) is 0 Å². The van der Waals surface area contributed by atoms with Crippen LogP contribution in [0.25, 0.3) is 6.08 Å². The fourth-order valence-corrected chi connectivity index (χ4v) is 3.63. The smallest absolute Gasteiger partial charge is 0.224 e. The highest BCUT2D eigenvalue weighted by Gasteiger charge is 2.20. The number of hydrogen-bond acceptors (Lipinski definition) is 3. The largest absolute Gasteiger partial charge is 0.384 e. The van der Waals surface area contributed by atoms with Gasteiger partial charge in [-0.25, -0.2) is 0 Å². The number of para-hydroxylation sites is 1. The van der Waals surface area contributed by atoms with Crippen molar-refractivity contribution in [3.8, 4) is 0 Å². The summed E-state index contributed by atoms with van der Waals surface area (Å²) in [5.74, 6) is 0.248. The molecule has 4 heteroatoms. The molecule has 1 aliphatic heterocycles. The molecule has 0 unspecified atom stereocenters. The molecule has 1 saturated heterocycles. The maximum atomic E-state index is 12.5. The number of benzene rings is 2. The first kappa shape index (κ1) is 20.2. The van der Waals surface area contributed by atoms with E-state index in [1.54, 1.807) is 0 Å².